The monoisotopic (exact) mass is 536 g/mol. The topological polar surface area (TPSA) is 76.0 Å². The van der Waals surface area contributed by atoms with Crippen LogP contribution in [0.15, 0.2) is 36.8 Å². The molecule has 196 valence electrons. The Bertz CT molecular complexity index is 1440. The Kier molecular flexibility index (Phi) is 6.66. The number of nitrogens with zero attached hydrogens (tertiary/aromatic N) is 3. The number of methoxy groups -OCH3 is 1. The van der Waals surface area contributed by atoms with Gasteiger partial charge in [0.25, 0.3) is 0 Å². The van der Waals surface area contributed by atoms with Crippen LogP contribution >= 0.6 is 11.6 Å². The number of aromatic nitrogens is 4. The maximum absolute atomic E-state index is 14.3. The molecule has 4 aromatic rings. The average molecular weight is 537 g/mol. The van der Waals surface area contributed by atoms with Crippen LogP contribution in [0.3, 0.4) is 0 Å². The highest BCUT2D eigenvalue weighted by molar-refractivity contribution is 6.31. The van der Waals surface area contributed by atoms with Gasteiger partial charge < -0.3 is 14.8 Å². The van der Waals surface area contributed by atoms with Gasteiger partial charge in [0.05, 0.1) is 30.5 Å². The standard InChI is InChI=1S/C26H25ClF4N4O2/c1-13(22-21(37-2)8-7-20(28)23(22)27)18-11-33-25-17(18)9-14(10-32-25)19-12-34-35(24(19)26(29,30)31)15-3-5-16(36)6-4-15/h7-13,15-16,36H,3-6H2,1-2H3,(H,32,33)/t13-,15-,16-/m0/s1. The van der Waals surface area contributed by atoms with Crippen LogP contribution in [0.2, 0.25) is 5.02 Å². The van der Waals surface area contributed by atoms with Gasteiger partial charge in [-0.25, -0.2) is 9.37 Å². The smallest absolute Gasteiger partial charge is 0.433 e. The lowest BCUT2D eigenvalue weighted by Crippen LogP contribution is -2.25. The summed E-state index contributed by atoms with van der Waals surface area (Å²) >= 11 is 6.29. The SMILES string of the molecule is COc1ccc(F)c(Cl)c1[C@@H](C)c1c[nH]c2ncc(-c3cnn([C@H]4CC[C@H](O)CC4)c3C(F)(F)F)cc12. The van der Waals surface area contributed by atoms with Crippen molar-refractivity contribution in [1.82, 2.24) is 19.7 Å². The van der Waals surface area contributed by atoms with Gasteiger partial charge in [-0.15, -0.1) is 0 Å². The molecule has 0 bridgehead atoms. The number of nitrogens with one attached hydrogen (secondary N) is 1. The summed E-state index contributed by atoms with van der Waals surface area (Å²) < 4.78 is 63.7. The second-order valence-electron chi connectivity index (χ2n) is 9.37. The van der Waals surface area contributed by atoms with E-state index in [1.54, 1.807) is 12.3 Å². The fourth-order valence-corrected chi connectivity index (χ4v) is 5.57. The number of rotatable bonds is 5. The summed E-state index contributed by atoms with van der Waals surface area (Å²) in [7, 11) is 1.46. The first kappa shape index (κ1) is 25.5. The molecular weight excluding hydrogens is 512 g/mol. The van der Waals surface area contributed by atoms with E-state index in [2.05, 4.69) is 15.1 Å². The molecule has 1 aliphatic carbocycles. The van der Waals surface area contributed by atoms with Crippen molar-refractivity contribution in [3.05, 3.63) is 64.5 Å². The van der Waals surface area contributed by atoms with Gasteiger partial charge in [-0.3, -0.25) is 4.68 Å². The number of benzene rings is 1. The lowest BCUT2D eigenvalue weighted by Gasteiger charge is -2.27. The number of aliphatic hydroxyl groups is 1. The summed E-state index contributed by atoms with van der Waals surface area (Å²) in [6.45, 7) is 1.81. The normalized spacial score (nSPS) is 19.4. The van der Waals surface area contributed by atoms with Crippen LogP contribution in [0.1, 0.15) is 61.4 Å². The second-order valence-corrected chi connectivity index (χ2v) is 9.75. The van der Waals surface area contributed by atoms with E-state index in [4.69, 9.17) is 16.3 Å². The third-order valence-corrected chi connectivity index (χ3v) is 7.55. The molecule has 6 nitrogen and oxygen atoms in total. The molecule has 37 heavy (non-hydrogen) atoms. The summed E-state index contributed by atoms with van der Waals surface area (Å²) in [5.41, 5.74) is 0.923. The van der Waals surface area contributed by atoms with E-state index in [1.807, 2.05) is 6.92 Å². The number of pyridine rings is 1. The minimum absolute atomic E-state index is 0.0748. The second kappa shape index (κ2) is 9.64. The van der Waals surface area contributed by atoms with Gasteiger partial charge in [0.15, 0.2) is 5.69 Å². The van der Waals surface area contributed by atoms with Crippen molar-refractivity contribution in [2.24, 2.45) is 0 Å². The van der Waals surface area contributed by atoms with E-state index in [-0.39, 0.29) is 16.1 Å². The van der Waals surface area contributed by atoms with E-state index in [0.717, 1.165) is 4.68 Å². The highest BCUT2D eigenvalue weighted by Gasteiger charge is 2.41. The third-order valence-electron chi connectivity index (χ3n) is 7.16. The summed E-state index contributed by atoms with van der Waals surface area (Å²) in [6.07, 6.45) is 0.844. The fraction of sp³-hybridized carbons (Fsp3) is 0.385. The number of aliphatic hydroxyl groups excluding tert-OH is 1. The zero-order valence-electron chi connectivity index (χ0n) is 20.1. The van der Waals surface area contributed by atoms with Gasteiger partial charge in [0.1, 0.15) is 17.2 Å². The highest BCUT2D eigenvalue weighted by atomic mass is 35.5. The number of halogens is 5. The Balaban J connectivity index is 1.61. The molecule has 0 saturated heterocycles. The molecule has 1 saturated carbocycles. The maximum atomic E-state index is 14.3. The Labute approximate surface area is 215 Å². The lowest BCUT2D eigenvalue weighted by molar-refractivity contribution is -0.144. The van der Waals surface area contributed by atoms with Crippen molar-refractivity contribution in [3.63, 3.8) is 0 Å². The van der Waals surface area contributed by atoms with E-state index in [9.17, 15) is 22.7 Å². The molecule has 0 spiro atoms. The minimum Gasteiger partial charge on any atom is -0.496 e. The Morgan fingerprint density at radius 3 is 2.59 bits per heavy atom. The van der Waals surface area contributed by atoms with Gasteiger partial charge in [0, 0.05) is 40.4 Å². The van der Waals surface area contributed by atoms with Gasteiger partial charge in [0.2, 0.25) is 0 Å². The number of hydrogen-bond acceptors (Lipinski definition) is 4. The predicted molar refractivity (Wildman–Crippen MR) is 131 cm³/mol. The van der Waals surface area contributed by atoms with Crippen molar-refractivity contribution in [1.29, 1.82) is 0 Å². The Hall–Kier alpha value is -3.11. The maximum Gasteiger partial charge on any atom is 0.433 e. The summed E-state index contributed by atoms with van der Waals surface area (Å²) in [4.78, 5) is 7.40. The first-order chi connectivity index (χ1) is 17.6. The Morgan fingerprint density at radius 2 is 1.92 bits per heavy atom. The molecule has 1 fully saturated rings. The number of hydrogen-bond donors (Lipinski definition) is 2. The number of H-pyrrole nitrogens is 1. The van der Waals surface area contributed by atoms with Gasteiger partial charge in [-0.05, 0) is 49.4 Å². The van der Waals surface area contributed by atoms with Crippen LogP contribution in [0.25, 0.3) is 22.2 Å². The van der Waals surface area contributed by atoms with E-state index < -0.39 is 35.8 Å². The van der Waals surface area contributed by atoms with Gasteiger partial charge >= 0.3 is 6.18 Å². The van der Waals surface area contributed by atoms with E-state index >= 15 is 0 Å². The molecule has 3 heterocycles. The largest absolute Gasteiger partial charge is 0.496 e. The number of ether oxygens (including phenoxy) is 1. The highest BCUT2D eigenvalue weighted by Crippen LogP contribution is 2.43. The predicted octanol–water partition coefficient (Wildman–Crippen LogP) is 6.87. The first-order valence-electron chi connectivity index (χ1n) is 11.9. The fourth-order valence-electron chi connectivity index (χ4n) is 5.25. The van der Waals surface area contributed by atoms with Crippen molar-refractivity contribution in [3.8, 4) is 16.9 Å². The van der Waals surface area contributed by atoms with Crippen molar-refractivity contribution >= 4 is 22.6 Å². The third kappa shape index (κ3) is 4.57. The first-order valence-corrected chi connectivity index (χ1v) is 12.3. The van der Waals surface area contributed by atoms with E-state index in [0.29, 0.717) is 53.6 Å². The minimum atomic E-state index is -4.65. The van der Waals surface area contributed by atoms with Crippen LogP contribution < -0.4 is 4.74 Å². The Morgan fingerprint density at radius 1 is 1.19 bits per heavy atom. The van der Waals surface area contributed by atoms with Gasteiger partial charge in [-0.1, -0.05) is 18.5 Å². The molecule has 1 atom stereocenters. The van der Waals surface area contributed by atoms with Crippen molar-refractivity contribution < 1.29 is 27.4 Å². The van der Waals surface area contributed by atoms with Crippen LogP contribution in [0.4, 0.5) is 17.6 Å². The molecule has 5 rings (SSSR count). The molecule has 1 aromatic carbocycles. The molecule has 0 unspecified atom stereocenters. The van der Waals surface area contributed by atoms with Crippen LogP contribution in [-0.4, -0.2) is 38.1 Å². The molecule has 1 aliphatic rings. The summed E-state index contributed by atoms with van der Waals surface area (Å²) in [5.74, 6) is -0.654. The van der Waals surface area contributed by atoms with Crippen LogP contribution in [0, 0.1) is 5.82 Å². The molecule has 0 radical (unpaired) electrons. The zero-order valence-corrected chi connectivity index (χ0v) is 20.9. The molecular formula is C26H25ClF4N4O2. The molecule has 3 aromatic heterocycles. The van der Waals surface area contributed by atoms with Crippen LogP contribution in [0.5, 0.6) is 5.75 Å². The zero-order chi connectivity index (χ0) is 26.5. The lowest BCUT2D eigenvalue weighted by atomic mass is 9.91. The van der Waals surface area contributed by atoms with E-state index in [1.165, 1.54) is 31.6 Å². The van der Waals surface area contributed by atoms with Crippen LogP contribution in [-0.2, 0) is 6.18 Å². The summed E-state index contributed by atoms with van der Waals surface area (Å²) in [5, 5.41) is 14.4. The van der Waals surface area contributed by atoms with Crippen molar-refractivity contribution in [2.45, 2.75) is 56.8 Å². The quantitative estimate of drug-likeness (QED) is 0.273. The molecule has 11 heteroatoms. The number of fused-ring (bicyclic) bond motifs is 1. The summed E-state index contributed by atoms with van der Waals surface area (Å²) in [6, 6.07) is 3.89. The molecule has 0 amide bonds. The number of alkyl halides is 3. The van der Waals surface area contributed by atoms with Crippen molar-refractivity contribution in [2.75, 3.05) is 7.11 Å². The molecule has 2 N–H and O–H groups in total. The number of aromatic amines is 1. The average Bonchev–Trinajstić information content (AvgIpc) is 3.50. The molecule has 0 aliphatic heterocycles. The van der Waals surface area contributed by atoms with Gasteiger partial charge in [-0.2, -0.15) is 18.3 Å².